The Labute approximate surface area is 90.2 Å². The van der Waals surface area contributed by atoms with Gasteiger partial charge in [-0.3, -0.25) is 0 Å². The SMILES string of the molecule is CC(C)CCCCC(C)COC(C)C. The minimum absolute atomic E-state index is 0.383. The lowest BCUT2D eigenvalue weighted by Crippen LogP contribution is -2.11. The molecule has 1 nitrogen and oxygen atoms in total. The Hall–Kier alpha value is -0.0400. The van der Waals surface area contributed by atoms with Crippen LogP contribution in [-0.4, -0.2) is 12.7 Å². The molecule has 0 spiro atoms. The molecule has 0 N–H and O–H groups in total. The van der Waals surface area contributed by atoms with Gasteiger partial charge in [-0.25, -0.2) is 0 Å². The Morgan fingerprint density at radius 1 is 0.857 bits per heavy atom. The topological polar surface area (TPSA) is 9.23 Å². The molecule has 1 atom stereocenters. The molecule has 1 unspecified atom stereocenters. The first kappa shape index (κ1) is 14.0. The highest BCUT2D eigenvalue weighted by molar-refractivity contribution is 4.54. The fourth-order valence-corrected chi connectivity index (χ4v) is 1.49. The van der Waals surface area contributed by atoms with Gasteiger partial charge in [-0.2, -0.15) is 0 Å². The van der Waals surface area contributed by atoms with Gasteiger partial charge in [0.05, 0.1) is 6.10 Å². The molecule has 0 amide bonds. The Balaban J connectivity index is 3.22. The first-order valence-electron chi connectivity index (χ1n) is 6.14. The molecular formula is C13H28O. The van der Waals surface area contributed by atoms with Crippen LogP contribution in [0.25, 0.3) is 0 Å². The second-order valence-electron chi connectivity index (χ2n) is 5.17. The van der Waals surface area contributed by atoms with Gasteiger partial charge in [0.15, 0.2) is 0 Å². The first-order valence-corrected chi connectivity index (χ1v) is 6.14. The molecule has 0 saturated heterocycles. The Kier molecular flexibility index (Phi) is 8.26. The van der Waals surface area contributed by atoms with E-state index in [0.717, 1.165) is 18.4 Å². The van der Waals surface area contributed by atoms with Crippen LogP contribution in [0, 0.1) is 11.8 Å². The summed E-state index contributed by atoms with van der Waals surface area (Å²) >= 11 is 0. The number of rotatable bonds is 8. The lowest BCUT2D eigenvalue weighted by Gasteiger charge is -2.14. The average Bonchev–Trinajstić information content (AvgIpc) is 2.08. The Morgan fingerprint density at radius 3 is 1.93 bits per heavy atom. The summed E-state index contributed by atoms with van der Waals surface area (Å²) in [5.41, 5.74) is 0. The zero-order chi connectivity index (χ0) is 11.0. The van der Waals surface area contributed by atoms with E-state index in [2.05, 4.69) is 34.6 Å². The molecule has 0 fully saturated rings. The molecule has 14 heavy (non-hydrogen) atoms. The minimum Gasteiger partial charge on any atom is -0.379 e. The fourth-order valence-electron chi connectivity index (χ4n) is 1.49. The van der Waals surface area contributed by atoms with Gasteiger partial charge in [0.25, 0.3) is 0 Å². The Morgan fingerprint density at radius 2 is 1.43 bits per heavy atom. The van der Waals surface area contributed by atoms with E-state index in [4.69, 9.17) is 4.74 Å². The molecule has 0 aliphatic heterocycles. The number of hydrogen-bond donors (Lipinski definition) is 0. The second kappa shape index (κ2) is 8.28. The van der Waals surface area contributed by atoms with Crippen molar-refractivity contribution >= 4 is 0 Å². The van der Waals surface area contributed by atoms with E-state index >= 15 is 0 Å². The van der Waals surface area contributed by atoms with Gasteiger partial charge in [0.2, 0.25) is 0 Å². The standard InChI is InChI=1S/C13H28O/c1-11(2)8-6-7-9-13(5)10-14-12(3)4/h11-13H,6-10H2,1-5H3. The first-order chi connectivity index (χ1) is 6.52. The highest BCUT2D eigenvalue weighted by atomic mass is 16.5. The predicted molar refractivity (Wildman–Crippen MR) is 63.6 cm³/mol. The zero-order valence-corrected chi connectivity index (χ0v) is 10.7. The second-order valence-corrected chi connectivity index (χ2v) is 5.17. The van der Waals surface area contributed by atoms with Crippen molar-refractivity contribution in [2.45, 2.75) is 66.4 Å². The number of unbranched alkanes of at least 4 members (excludes halogenated alkanes) is 1. The summed E-state index contributed by atoms with van der Waals surface area (Å²) in [5.74, 6) is 1.58. The van der Waals surface area contributed by atoms with Crippen molar-refractivity contribution in [2.24, 2.45) is 11.8 Å². The van der Waals surface area contributed by atoms with E-state index in [0.29, 0.717) is 6.10 Å². The van der Waals surface area contributed by atoms with Crippen LogP contribution in [-0.2, 0) is 4.74 Å². The van der Waals surface area contributed by atoms with Crippen molar-refractivity contribution in [3.05, 3.63) is 0 Å². The van der Waals surface area contributed by atoms with Crippen LogP contribution in [0.3, 0.4) is 0 Å². The highest BCUT2D eigenvalue weighted by Crippen LogP contribution is 2.13. The van der Waals surface area contributed by atoms with Gasteiger partial charge in [-0.15, -0.1) is 0 Å². The van der Waals surface area contributed by atoms with Crippen LogP contribution in [0.1, 0.15) is 60.3 Å². The molecule has 0 rings (SSSR count). The summed E-state index contributed by atoms with van der Waals surface area (Å²) in [4.78, 5) is 0. The lowest BCUT2D eigenvalue weighted by molar-refractivity contribution is 0.0527. The minimum atomic E-state index is 0.383. The van der Waals surface area contributed by atoms with Crippen LogP contribution in [0.4, 0.5) is 0 Å². The smallest absolute Gasteiger partial charge is 0.0519 e. The van der Waals surface area contributed by atoms with Crippen molar-refractivity contribution in [1.29, 1.82) is 0 Å². The Bertz CT molecular complexity index is 118. The van der Waals surface area contributed by atoms with Gasteiger partial charge in [-0.1, -0.05) is 40.0 Å². The maximum atomic E-state index is 5.58. The molecular weight excluding hydrogens is 172 g/mol. The van der Waals surface area contributed by atoms with Crippen LogP contribution in [0.15, 0.2) is 0 Å². The van der Waals surface area contributed by atoms with Gasteiger partial charge >= 0.3 is 0 Å². The van der Waals surface area contributed by atoms with Crippen LogP contribution >= 0.6 is 0 Å². The quantitative estimate of drug-likeness (QED) is 0.532. The maximum absolute atomic E-state index is 5.58. The largest absolute Gasteiger partial charge is 0.379 e. The van der Waals surface area contributed by atoms with Gasteiger partial charge < -0.3 is 4.74 Å². The predicted octanol–water partition coefficient (Wildman–Crippen LogP) is 4.26. The molecule has 0 radical (unpaired) electrons. The maximum Gasteiger partial charge on any atom is 0.0519 e. The summed E-state index contributed by atoms with van der Waals surface area (Å²) in [5, 5.41) is 0. The van der Waals surface area contributed by atoms with Crippen LogP contribution in [0.2, 0.25) is 0 Å². The van der Waals surface area contributed by atoms with Crippen molar-refractivity contribution in [1.82, 2.24) is 0 Å². The third-order valence-electron chi connectivity index (χ3n) is 2.44. The molecule has 1 heteroatoms. The summed E-state index contributed by atoms with van der Waals surface area (Å²) < 4.78 is 5.58. The highest BCUT2D eigenvalue weighted by Gasteiger charge is 2.03. The molecule has 0 aromatic carbocycles. The molecule has 0 aromatic heterocycles. The molecule has 0 saturated carbocycles. The summed E-state index contributed by atoms with van der Waals surface area (Å²) in [6, 6.07) is 0. The summed E-state index contributed by atoms with van der Waals surface area (Å²) in [7, 11) is 0. The number of ether oxygens (including phenoxy) is 1. The van der Waals surface area contributed by atoms with E-state index in [9.17, 15) is 0 Å². The molecule has 0 aromatic rings. The van der Waals surface area contributed by atoms with Crippen molar-refractivity contribution < 1.29 is 4.74 Å². The van der Waals surface area contributed by atoms with Crippen LogP contribution in [0.5, 0.6) is 0 Å². The third kappa shape index (κ3) is 10.0. The molecule has 86 valence electrons. The third-order valence-corrected chi connectivity index (χ3v) is 2.44. The summed E-state index contributed by atoms with van der Waals surface area (Å²) in [6.07, 6.45) is 5.81. The van der Waals surface area contributed by atoms with Crippen molar-refractivity contribution in [2.75, 3.05) is 6.61 Å². The lowest BCUT2D eigenvalue weighted by atomic mass is 10.0. The van der Waals surface area contributed by atoms with E-state index in [1.165, 1.54) is 25.7 Å². The van der Waals surface area contributed by atoms with E-state index < -0.39 is 0 Å². The van der Waals surface area contributed by atoms with Gasteiger partial charge in [-0.05, 0) is 32.1 Å². The number of hydrogen-bond acceptors (Lipinski definition) is 1. The average molecular weight is 200 g/mol. The normalized spacial score (nSPS) is 13.9. The van der Waals surface area contributed by atoms with Gasteiger partial charge in [0, 0.05) is 6.61 Å². The molecule has 0 bridgehead atoms. The molecule has 0 aliphatic carbocycles. The van der Waals surface area contributed by atoms with Gasteiger partial charge in [0.1, 0.15) is 0 Å². The van der Waals surface area contributed by atoms with E-state index in [1.807, 2.05) is 0 Å². The van der Waals surface area contributed by atoms with E-state index in [1.54, 1.807) is 0 Å². The zero-order valence-electron chi connectivity index (χ0n) is 10.7. The summed E-state index contributed by atoms with van der Waals surface area (Å²) in [6.45, 7) is 12.0. The van der Waals surface area contributed by atoms with E-state index in [-0.39, 0.29) is 0 Å². The monoisotopic (exact) mass is 200 g/mol. The van der Waals surface area contributed by atoms with Crippen molar-refractivity contribution in [3.63, 3.8) is 0 Å². The molecule has 0 aliphatic rings. The van der Waals surface area contributed by atoms with Crippen molar-refractivity contribution in [3.8, 4) is 0 Å². The fraction of sp³-hybridized carbons (Fsp3) is 1.00. The van der Waals surface area contributed by atoms with Crippen LogP contribution < -0.4 is 0 Å². The molecule has 0 heterocycles.